The topological polar surface area (TPSA) is 137 Å². The van der Waals surface area contributed by atoms with E-state index in [1.807, 2.05) is 0 Å². The molecule has 0 aliphatic carbocycles. The van der Waals surface area contributed by atoms with Crippen LogP contribution in [0.15, 0.2) is 83.0 Å². The van der Waals surface area contributed by atoms with Gasteiger partial charge in [-0.1, -0.05) is 24.3 Å². The number of carbonyl (C=O) groups excluding carboxylic acids is 1. The molecule has 2 heterocycles. The third-order valence-corrected chi connectivity index (χ3v) is 3.09. The molecule has 0 saturated heterocycles. The van der Waals surface area contributed by atoms with Crippen LogP contribution in [0.5, 0.6) is 0 Å². The van der Waals surface area contributed by atoms with Gasteiger partial charge in [-0.2, -0.15) is 0 Å². The number of para-hydroxylation sites is 2. The zero-order chi connectivity index (χ0) is 20.4. The molecular formula is C20H15MnN4O4. The molecule has 0 saturated carbocycles. The van der Waals surface area contributed by atoms with E-state index in [2.05, 4.69) is 20.0 Å². The van der Waals surface area contributed by atoms with Crippen LogP contribution in [0.1, 0.15) is 18.3 Å². The van der Waals surface area contributed by atoms with Gasteiger partial charge in [0.15, 0.2) is 0 Å². The SMILES string of the molecule is CC(=O)[O-].[Mn+3].[O-]C(=Nc1ccccc1N=C([O-])c1ccccn1)c1ccccn1. The molecule has 0 aliphatic rings. The van der Waals surface area contributed by atoms with Crippen LogP contribution in [-0.2, 0) is 21.9 Å². The van der Waals surface area contributed by atoms with E-state index in [1.54, 1.807) is 60.7 Å². The standard InChI is InChI=1S/C18H14N4O2.C2H4O2.Mn/c23-17(15-9-3-5-11-19-15)21-13-7-1-2-8-14(13)22-18(24)16-10-4-6-12-20-16;1-2(3)4;/h1-12H,(H,21,23)(H,22,24);1H3,(H,3,4);/q;;+3/p-3. The number of hydrogen-bond acceptors (Lipinski definition) is 8. The minimum absolute atomic E-state index is 0. The third-order valence-electron chi connectivity index (χ3n) is 3.09. The van der Waals surface area contributed by atoms with E-state index in [1.165, 1.54) is 12.4 Å². The molecule has 3 aromatic rings. The van der Waals surface area contributed by atoms with Crippen molar-refractivity contribution >= 4 is 29.1 Å². The van der Waals surface area contributed by atoms with E-state index in [-0.39, 0.29) is 28.5 Å². The van der Waals surface area contributed by atoms with E-state index in [0.29, 0.717) is 11.4 Å². The molecule has 2 aromatic heterocycles. The molecule has 0 radical (unpaired) electrons. The van der Waals surface area contributed by atoms with Gasteiger partial charge in [0, 0.05) is 30.2 Å². The molecule has 0 aliphatic heterocycles. The molecular weight excluding hydrogens is 415 g/mol. The summed E-state index contributed by atoms with van der Waals surface area (Å²) in [5.74, 6) is -2.08. The number of aliphatic carboxylic acids is 1. The van der Waals surface area contributed by atoms with E-state index >= 15 is 0 Å². The average Bonchev–Trinajstić information content (AvgIpc) is 2.70. The van der Waals surface area contributed by atoms with Crippen LogP contribution in [0.4, 0.5) is 11.4 Å². The second-order valence-electron chi connectivity index (χ2n) is 5.24. The van der Waals surface area contributed by atoms with Crippen molar-refractivity contribution in [3.05, 3.63) is 84.4 Å². The quantitative estimate of drug-likeness (QED) is 0.327. The Morgan fingerprint density at radius 3 is 1.38 bits per heavy atom. The summed E-state index contributed by atoms with van der Waals surface area (Å²) in [5.41, 5.74) is 1.06. The predicted octanol–water partition coefficient (Wildman–Crippen LogP) is 0.108. The zero-order valence-corrected chi connectivity index (χ0v) is 16.4. The fourth-order valence-electron chi connectivity index (χ4n) is 1.97. The van der Waals surface area contributed by atoms with Crippen molar-refractivity contribution in [1.82, 2.24) is 9.97 Å². The monoisotopic (exact) mass is 430 g/mol. The normalized spacial score (nSPS) is 10.9. The second kappa shape index (κ2) is 12.0. The van der Waals surface area contributed by atoms with Gasteiger partial charge in [-0.25, -0.2) is 0 Å². The smallest absolute Gasteiger partial charge is 0.857 e. The van der Waals surface area contributed by atoms with Gasteiger partial charge >= 0.3 is 17.1 Å². The number of nitrogens with zero attached hydrogens (tertiary/aromatic N) is 4. The number of carboxylic acids is 1. The van der Waals surface area contributed by atoms with Gasteiger partial charge in [0.1, 0.15) is 0 Å². The van der Waals surface area contributed by atoms with Crippen molar-refractivity contribution in [3.63, 3.8) is 0 Å². The molecule has 0 amide bonds. The summed E-state index contributed by atoms with van der Waals surface area (Å²) in [4.78, 5) is 24.8. The third kappa shape index (κ3) is 7.92. The van der Waals surface area contributed by atoms with Crippen LogP contribution in [-0.4, -0.2) is 27.7 Å². The number of benzene rings is 1. The summed E-state index contributed by atoms with van der Waals surface area (Å²) < 4.78 is 0. The van der Waals surface area contributed by atoms with E-state index < -0.39 is 17.8 Å². The van der Waals surface area contributed by atoms with Crippen molar-refractivity contribution in [1.29, 1.82) is 0 Å². The van der Waals surface area contributed by atoms with Crippen molar-refractivity contribution in [2.24, 2.45) is 9.98 Å². The Balaban J connectivity index is 0.000000771. The summed E-state index contributed by atoms with van der Waals surface area (Å²) in [6.45, 7) is 0.972. The first kappa shape index (κ1) is 23.5. The van der Waals surface area contributed by atoms with E-state index in [4.69, 9.17) is 9.90 Å². The van der Waals surface area contributed by atoms with Crippen LogP contribution in [0.2, 0.25) is 0 Å². The number of rotatable bonds is 4. The Kier molecular flexibility index (Phi) is 9.73. The predicted molar refractivity (Wildman–Crippen MR) is 98.0 cm³/mol. The molecule has 3 rings (SSSR count). The van der Waals surface area contributed by atoms with Gasteiger partial charge < -0.3 is 20.1 Å². The van der Waals surface area contributed by atoms with Crippen LogP contribution < -0.4 is 15.3 Å². The first-order chi connectivity index (χ1) is 13.5. The Morgan fingerprint density at radius 1 is 0.724 bits per heavy atom. The molecule has 0 spiro atoms. The minimum Gasteiger partial charge on any atom is -0.857 e. The molecule has 1 aromatic carbocycles. The Bertz CT molecular complexity index is 902. The van der Waals surface area contributed by atoms with E-state index in [9.17, 15) is 10.2 Å². The molecule has 0 unspecified atom stereocenters. The first-order valence-electron chi connectivity index (χ1n) is 8.08. The average molecular weight is 430 g/mol. The van der Waals surface area contributed by atoms with Crippen LogP contribution in [0.3, 0.4) is 0 Å². The molecule has 29 heavy (non-hydrogen) atoms. The van der Waals surface area contributed by atoms with Gasteiger partial charge in [-0.3, -0.25) is 20.0 Å². The molecule has 0 fully saturated rings. The summed E-state index contributed by atoms with van der Waals surface area (Å²) in [6, 6.07) is 16.7. The Hall–Kier alpha value is -3.55. The van der Waals surface area contributed by atoms with Crippen LogP contribution in [0.25, 0.3) is 0 Å². The number of hydrogen-bond donors (Lipinski definition) is 0. The zero-order valence-electron chi connectivity index (χ0n) is 15.2. The van der Waals surface area contributed by atoms with Gasteiger partial charge in [-0.15, -0.1) is 0 Å². The largest absolute Gasteiger partial charge is 3.00 e. The number of aromatic nitrogens is 2. The fourth-order valence-corrected chi connectivity index (χ4v) is 1.97. The molecule has 0 N–H and O–H groups in total. The summed E-state index contributed by atoms with van der Waals surface area (Å²) >= 11 is 0. The van der Waals surface area contributed by atoms with Crippen LogP contribution in [0, 0.1) is 0 Å². The number of aliphatic imine (C=N–C) groups is 2. The van der Waals surface area contributed by atoms with Crippen molar-refractivity contribution in [3.8, 4) is 0 Å². The van der Waals surface area contributed by atoms with Gasteiger partial charge in [0.2, 0.25) is 0 Å². The molecule has 0 bridgehead atoms. The fraction of sp³-hybridized carbons (Fsp3) is 0.0500. The maximum Gasteiger partial charge on any atom is 3.00 e. The molecule has 9 heteroatoms. The van der Waals surface area contributed by atoms with E-state index in [0.717, 1.165) is 6.92 Å². The number of pyridine rings is 2. The van der Waals surface area contributed by atoms with Gasteiger partial charge in [0.05, 0.1) is 22.8 Å². The first-order valence-corrected chi connectivity index (χ1v) is 8.08. The second-order valence-corrected chi connectivity index (χ2v) is 5.24. The summed E-state index contributed by atoms with van der Waals surface area (Å²) in [6.07, 6.45) is 3.03. The molecule has 146 valence electrons. The maximum atomic E-state index is 12.2. The molecule has 0 atom stereocenters. The summed E-state index contributed by atoms with van der Waals surface area (Å²) in [5, 5.41) is 33.2. The summed E-state index contributed by atoms with van der Waals surface area (Å²) in [7, 11) is 0. The van der Waals surface area contributed by atoms with Crippen molar-refractivity contribution in [2.45, 2.75) is 6.92 Å². The van der Waals surface area contributed by atoms with Gasteiger partial charge in [-0.05, 0) is 43.3 Å². The molecule has 8 nitrogen and oxygen atoms in total. The van der Waals surface area contributed by atoms with Gasteiger partial charge in [0.25, 0.3) is 0 Å². The number of carboxylic acid groups (broad SMARTS) is 1. The minimum atomic E-state index is -1.08. The Morgan fingerprint density at radius 2 is 1.07 bits per heavy atom. The Labute approximate surface area is 177 Å². The number of carbonyl (C=O) groups is 1. The van der Waals surface area contributed by atoms with Crippen molar-refractivity contribution in [2.75, 3.05) is 0 Å². The van der Waals surface area contributed by atoms with Crippen LogP contribution >= 0.6 is 0 Å². The van der Waals surface area contributed by atoms with Crippen molar-refractivity contribution < 1.29 is 37.2 Å². The maximum absolute atomic E-state index is 12.2.